The number of benzene rings is 2. The Hall–Kier alpha value is -3.61. The van der Waals surface area contributed by atoms with Gasteiger partial charge in [0.2, 0.25) is 5.91 Å². The number of aromatic nitrogens is 2. The molecule has 2 amide bonds. The summed E-state index contributed by atoms with van der Waals surface area (Å²) in [7, 11) is 5.10. The van der Waals surface area contributed by atoms with Crippen molar-refractivity contribution in [1.82, 2.24) is 20.0 Å². The number of methoxy groups -OCH3 is 1. The molecule has 0 unspecified atom stereocenters. The molecule has 0 aliphatic carbocycles. The van der Waals surface area contributed by atoms with Crippen molar-refractivity contribution in [3.63, 3.8) is 0 Å². The average molecular weight is 433 g/mol. The van der Waals surface area contributed by atoms with E-state index >= 15 is 0 Å². The Kier molecular flexibility index (Phi) is 5.99. The van der Waals surface area contributed by atoms with Crippen molar-refractivity contribution in [2.75, 3.05) is 27.2 Å². The summed E-state index contributed by atoms with van der Waals surface area (Å²) < 4.78 is 7.08. The molecule has 1 aliphatic heterocycles. The van der Waals surface area contributed by atoms with Crippen LogP contribution in [0.4, 0.5) is 0 Å². The maximum absolute atomic E-state index is 12.9. The first-order chi connectivity index (χ1) is 15.5. The van der Waals surface area contributed by atoms with Gasteiger partial charge in [-0.25, -0.2) is 0 Å². The van der Waals surface area contributed by atoms with E-state index in [1.54, 1.807) is 43.1 Å². The number of rotatable bonds is 6. The SMILES string of the molecule is CNC(=O)[C@]1(Cc2ccc(-c3ccccc3OC)cc2)CCN(C(=O)c2ccn(C)n2)C1. The van der Waals surface area contributed by atoms with Gasteiger partial charge in [0.05, 0.1) is 12.5 Å². The van der Waals surface area contributed by atoms with Crippen molar-refractivity contribution in [2.24, 2.45) is 12.5 Å². The molecule has 0 saturated carbocycles. The topological polar surface area (TPSA) is 76.5 Å². The molecule has 1 N–H and O–H groups in total. The Balaban J connectivity index is 1.55. The van der Waals surface area contributed by atoms with Crippen LogP contribution in [0.2, 0.25) is 0 Å². The number of carbonyl (C=O) groups excluding carboxylic acids is 2. The third kappa shape index (κ3) is 4.10. The van der Waals surface area contributed by atoms with E-state index in [9.17, 15) is 9.59 Å². The Morgan fingerprint density at radius 3 is 2.53 bits per heavy atom. The highest BCUT2D eigenvalue weighted by Gasteiger charge is 2.46. The van der Waals surface area contributed by atoms with E-state index < -0.39 is 5.41 Å². The average Bonchev–Trinajstić information content (AvgIpc) is 3.46. The molecule has 1 saturated heterocycles. The van der Waals surface area contributed by atoms with E-state index in [0.29, 0.717) is 31.6 Å². The fraction of sp³-hybridized carbons (Fsp3) is 0.320. The number of likely N-dealkylation sites (tertiary alicyclic amines) is 1. The second-order valence-electron chi connectivity index (χ2n) is 8.28. The highest BCUT2D eigenvalue weighted by Crippen LogP contribution is 2.36. The zero-order valence-electron chi connectivity index (χ0n) is 18.7. The summed E-state index contributed by atoms with van der Waals surface area (Å²) in [5.74, 6) is 0.645. The number of hydrogen-bond acceptors (Lipinski definition) is 4. The van der Waals surface area contributed by atoms with Crippen molar-refractivity contribution >= 4 is 11.8 Å². The van der Waals surface area contributed by atoms with E-state index in [2.05, 4.69) is 34.7 Å². The van der Waals surface area contributed by atoms with Gasteiger partial charge < -0.3 is 15.0 Å². The molecule has 1 aliphatic rings. The number of hydrogen-bond donors (Lipinski definition) is 1. The van der Waals surface area contributed by atoms with Gasteiger partial charge in [0.15, 0.2) is 0 Å². The summed E-state index contributed by atoms with van der Waals surface area (Å²) in [6, 6.07) is 17.8. The number of carbonyl (C=O) groups is 2. The molecule has 1 aromatic heterocycles. The quantitative estimate of drug-likeness (QED) is 0.650. The van der Waals surface area contributed by atoms with Gasteiger partial charge in [-0.1, -0.05) is 42.5 Å². The van der Waals surface area contributed by atoms with Gasteiger partial charge >= 0.3 is 0 Å². The van der Waals surface area contributed by atoms with E-state index in [-0.39, 0.29) is 11.8 Å². The van der Waals surface area contributed by atoms with Gasteiger partial charge in [-0.05, 0) is 36.1 Å². The predicted molar refractivity (Wildman–Crippen MR) is 122 cm³/mol. The summed E-state index contributed by atoms with van der Waals surface area (Å²) >= 11 is 0. The van der Waals surface area contributed by atoms with Gasteiger partial charge in [-0.2, -0.15) is 5.10 Å². The molecule has 7 heteroatoms. The minimum Gasteiger partial charge on any atom is -0.496 e. The standard InChI is InChI=1S/C25H28N4O3/c1-26-24(31)25(13-15-29(17-25)23(30)21-12-14-28(2)27-21)16-18-8-10-19(11-9-18)20-6-4-5-7-22(20)32-3/h4-12,14H,13,15-17H2,1-3H3,(H,26,31)/t25-/m0/s1. The summed E-state index contributed by atoms with van der Waals surface area (Å²) in [5, 5.41) is 7.03. The van der Waals surface area contributed by atoms with Crippen molar-refractivity contribution in [3.05, 3.63) is 72.1 Å². The van der Waals surface area contributed by atoms with Crippen molar-refractivity contribution in [2.45, 2.75) is 12.8 Å². The normalized spacial score (nSPS) is 17.9. The van der Waals surface area contributed by atoms with Crippen LogP contribution in [0.5, 0.6) is 5.75 Å². The molecule has 7 nitrogen and oxygen atoms in total. The molecule has 2 aromatic carbocycles. The van der Waals surface area contributed by atoms with Crippen LogP contribution in [0.15, 0.2) is 60.8 Å². The van der Waals surface area contributed by atoms with Crippen LogP contribution in [0, 0.1) is 5.41 Å². The van der Waals surface area contributed by atoms with Crippen molar-refractivity contribution in [3.8, 4) is 16.9 Å². The maximum atomic E-state index is 12.9. The number of para-hydroxylation sites is 1. The van der Waals surface area contributed by atoms with Crippen LogP contribution < -0.4 is 10.1 Å². The fourth-order valence-corrected chi connectivity index (χ4v) is 4.49. The maximum Gasteiger partial charge on any atom is 0.274 e. The number of ether oxygens (including phenoxy) is 1. The molecule has 0 bridgehead atoms. The Morgan fingerprint density at radius 1 is 1.12 bits per heavy atom. The summed E-state index contributed by atoms with van der Waals surface area (Å²) in [6.07, 6.45) is 2.92. The number of nitrogens with one attached hydrogen (secondary N) is 1. The molecule has 2 heterocycles. The lowest BCUT2D eigenvalue weighted by Crippen LogP contribution is -2.44. The molecule has 4 rings (SSSR count). The third-order valence-electron chi connectivity index (χ3n) is 6.20. The largest absolute Gasteiger partial charge is 0.496 e. The van der Waals surface area contributed by atoms with Crippen LogP contribution >= 0.6 is 0 Å². The number of nitrogens with zero attached hydrogens (tertiary/aromatic N) is 3. The lowest BCUT2D eigenvalue weighted by Gasteiger charge is -2.27. The Labute approximate surface area is 188 Å². The predicted octanol–water partition coefficient (Wildman–Crippen LogP) is 2.92. The molecule has 3 aromatic rings. The molecule has 32 heavy (non-hydrogen) atoms. The molecular formula is C25H28N4O3. The second-order valence-corrected chi connectivity index (χ2v) is 8.28. The van der Waals surface area contributed by atoms with Gasteiger partial charge in [-0.15, -0.1) is 0 Å². The van der Waals surface area contributed by atoms with Gasteiger partial charge in [0.1, 0.15) is 11.4 Å². The summed E-state index contributed by atoms with van der Waals surface area (Å²) in [5.41, 5.74) is 2.88. The minimum atomic E-state index is -0.662. The van der Waals surface area contributed by atoms with Crippen LogP contribution in [-0.2, 0) is 18.3 Å². The van der Waals surface area contributed by atoms with Crippen LogP contribution in [-0.4, -0.2) is 53.7 Å². The molecule has 1 atom stereocenters. The lowest BCUT2D eigenvalue weighted by molar-refractivity contribution is -0.129. The van der Waals surface area contributed by atoms with Gasteiger partial charge in [0.25, 0.3) is 5.91 Å². The van der Waals surface area contributed by atoms with Gasteiger partial charge in [0, 0.05) is 38.9 Å². The summed E-state index contributed by atoms with van der Waals surface area (Å²) in [6.45, 7) is 0.901. The third-order valence-corrected chi connectivity index (χ3v) is 6.20. The van der Waals surface area contributed by atoms with Gasteiger partial charge in [-0.3, -0.25) is 14.3 Å². The monoisotopic (exact) mass is 432 g/mol. The van der Waals surface area contributed by atoms with Crippen LogP contribution in [0.25, 0.3) is 11.1 Å². The van der Waals surface area contributed by atoms with Crippen LogP contribution in [0.1, 0.15) is 22.5 Å². The Bertz CT molecular complexity index is 1120. The van der Waals surface area contributed by atoms with Crippen molar-refractivity contribution < 1.29 is 14.3 Å². The van der Waals surface area contributed by atoms with Crippen molar-refractivity contribution in [1.29, 1.82) is 0 Å². The van der Waals surface area contributed by atoms with E-state index in [4.69, 9.17) is 4.74 Å². The summed E-state index contributed by atoms with van der Waals surface area (Å²) in [4.78, 5) is 27.6. The molecule has 1 fully saturated rings. The number of amides is 2. The first-order valence-electron chi connectivity index (χ1n) is 10.7. The highest BCUT2D eigenvalue weighted by atomic mass is 16.5. The number of aryl methyl sites for hydroxylation is 1. The van der Waals surface area contributed by atoms with E-state index in [1.807, 2.05) is 24.3 Å². The minimum absolute atomic E-state index is 0.0392. The van der Waals surface area contributed by atoms with E-state index in [0.717, 1.165) is 22.4 Å². The molecular weight excluding hydrogens is 404 g/mol. The first-order valence-corrected chi connectivity index (χ1v) is 10.7. The zero-order valence-corrected chi connectivity index (χ0v) is 18.7. The lowest BCUT2D eigenvalue weighted by atomic mass is 9.79. The smallest absolute Gasteiger partial charge is 0.274 e. The van der Waals surface area contributed by atoms with Crippen LogP contribution in [0.3, 0.4) is 0 Å². The Morgan fingerprint density at radius 2 is 1.88 bits per heavy atom. The zero-order chi connectivity index (χ0) is 22.7. The molecule has 166 valence electrons. The first kappa shape index (κ1) is 21.6. The molecule has 0 radical (unpaired) electrons. The van der Waals surface area contributed by atoms with E-state index in [1.165, 1.54) is 0 Å². The highest BCUT2D eigenvalue weighted by molar-refractivity contribution is 5.93. The fourth-order valence-electron chi connectivity index (χ4n) is 4.49. The molecule has 0 spiro atoms. The second kappa shape index (κ2) is 8.86.